The van der Waals surface area contributed by atoms with Gasteiger partial charge in [-0.25, -0.2) is 4.98 Å². The van der Waals surface area contributed by atoms with Gasteiger partial charge in [-0.15, -0.1) is 0 Å². The zero-order valence-electron chi connectivity index (χ0n) is 9.92. The van der Waals surface area contributed by atoms with E-state index in [1.165, 1.54) is 0 Å². The first-order chi connectivity index (χ1) is 8.75. The summed E-state index contributed by atoms with van der Waals surface area (Å²) in [5.74, 6) is 1.03. The standard InChI is InChI=1S/C13H15Cl2N3/c14-11-4-3-10(8-12(11)15)9-16-5-1-2-13-17-6-7-18-13/h3-4,6-8,16H,1-2,5,9H2,(H,17,18). The van der Waals surface area contributed by atoms with Crippen LogP contribution in [0.4, 0.5) is 0 Å². The maximum absolute atomic E-state index is 5.95. The summed E-state index contributed by atoms with van der Waals surface area (Å²) in [6, 6.07) is 5.70. The number of aryl methyl sites for hydroxylation is 1. The van der Waals surface area contributed by atoms with Gasteiger partial charge in [-0.2, -0.15) is 0 Å². The van der Waals surface area contributed by atoms with E-state index in [4.69, 9.17) is 23.2 Å². The third-order valence-corrected chi connectivity index (χ3v) is 3.37. The van der Waals surface area contributed by atoms with Crippen LogP contribution in [0.2, 0.25) is 10.0 Å². The monoisotopic (exact) mass is 283 g/mol. The molecule has 2 N–H and O–H groups in total. The lowest BCUT2D eigenvalue weighted by molar-refractivity contribution is 0.641. The Kier molecular flexibility index (Phi) is 5.05. The fourth-order valence-electron chi connectivity index (χ4n) is 1.70. The third-order valence-electron chi connectivity index (χ3n) is 2.64. The molecule has 0 saturated carbocycles. The molecule has 2 aromatic rings. The van der Waals surface area contributed by atoms with Crippen LogP contribution in [-0.2, 0) is 13.0 Å². The quantitative estimate of drug-likeness (QED) is 0.798. The van der Waals surface area contributed by atoms with E-state index < -0.39 is 0 Å². The molecular weight excluding hydrogens is 269 g/mol. The highest BCUT2D eigenvalue weighted by molar-refractivity contribution is 6.42. The molecule has 0 radical (unpaired) electrons. The number of nitrogens with one attached hydrogen (secondary N) is 2. The summed E-state index contributed by atoms with van der Waals surface area (Å²) in [5, 5.41) is 4.57. The summed E-state index contributed by atoms with van der Waals surface area (Å²) >= 11 is 11.8. The Labute approximate surface area is 117 Å². The minimum atomic E-state index is 0.596. The van der Waals surface area contributed by atoms with Crippen molar-refractivity contribution in [2.75, 3.05) is 6.54 Å². The Morgan fingerprint density at radius 3 is 2.83 bits per heavy atom. The van der Waals surface area contributed by atoms with Gasteiger partial charge in [-0.05, 0) is 30.7 Å². The molecule has 18 heavy (non-hydrogen) atoms. The number of imidazole rings is 1. The fraction of sp³-hybridized carbons (Fsp3) is 0.308. The van der Waals surface area contributed by atoms with E-state index in [0.717, 1.165) is 37.3 Å². The fourth-order valence-corrected chi connectivity index (χ4v) is 2.02. The van der Waals surface area contributed by atoms with E-state index in [9.17, 15) is 0 Å². The highest BCUT2D eigenvalue weighted by atomic mass is 35.5. The molecule has 3 nitrogen and oxygen atoms in total. The van der Waals surface area contributed by atoms with Crippen LogP contribution in [-0.4, -0.2) is 16.5 Å². The summed E-state index contributed by atoms with van der Waals surface area (Å²) in [4.78, 5) is 7.27. The second-order valence-electron chi connectivity index (χ2n) is 4.06. The van der Waals surface area contributed by atoms with E-state index in [2.05, 4.69) is 15.3 Å². The van der Waals surface area contributed by atoms with Crippen molar-refractivity contribution >= 4 is 23.2 Å². The van der Waals surface area contributed by atoms with Gasteiger partial charge in [0, 0.05) is 25.4 Å². The zero-order valence-corrected chi connectivity index (χ0v) is 11.4. The van der Waals surface area contributed by atoms with Crippen LogP contribution in [0.25, 0.3) is 0 Å². The lowest BCUT2D eigenvalue weighted by atomic mass is 10.2. The predicted octanol–water partition coefficient (Wildman–Crippen LogP) is 3.44. The van der Waals surface area contributed by atoms with Gasteiger partial charge < -0.3 is 10.3 Å². The van der Waals surface area contributed by atoms with Crippen LogP contribution in [0.1, 0.15) is 17.8 Å². The Bertz CT molecular complexity index is 483. The Hall–Kier alpha value is -1.03. The van der Waals surface area contributed by atoms with Gasteiger partial charge in [0.1, 0.15) is 5.82 Å². The van der Waals surface area contributed by atoms with Crippen LogP contribution in [0.15, 0.2) is 30.6 Å². The van der Waals surface area contributed by atoms with Crippen molar-refractivity contribution in [1.82, 2.24) is 15.3 Å². The average Bonchev–Trinajstić information content (AvgIpc) is 2.86. The van der Waals surface area contributed by atoms with E-state index >= 15 is 0 Å². The second kappa shape index (κ2) is 6.78. The van der Waals surface area contributed by atoms with Crippen LogP contribution >= 0.6 is 23.2 Å². The molecule has 0 aliphatic heterocycles. The normalized spacial score (nSPS) is 10.8. The highest BCUT2D eigenvalue weighted by Crippen LogP contribution is 2.22. The number of hydrogen-bond donors (Lipinski definition) is 2. The van der Waals surface area contributed by atoms with Crippen molar-refractivity contribution in [1.29, 1.82) is 0 Å². The molecule has 0 amide bonds. The molecule has 0 spiro atoms. The number of aromatic nitrogens is 2. The smallest absolute Gasteiger partial charge is 0.106 e. The molecule has 96 valence electrons. The summed E-state index contributed by atoms with van der Waals surface area (Å²) in [6.07, 6.45) is 5.63. The number of hydrogen-bond acceptors (Lipinski definition) is 2. The van der Waals surface area contributed by atoms with E-state index in [-0.39, 0.29) is 0 Å². The summed E-state index contributed by atoms with van der Waals surface area (Å²) in [5.41, 5.74) is 1.14. The van der Waals surface area contributed by atoms with Crippen molar-refractivity contribution in [3.05, 3.63) is 52.0 Å². The van der Waals surface area contributed by atoms with Crippen molar-refractivity contribution in [3.8, 4) is 0 Å². The molecule has 1 heterocycles. The largest absolute Gasteiger partial charge is 0.349 e. The number of aromatic amines is 1. The van der Waals surface area contributed by atoms with Gasteiger partial charge in [-0.1, -0.05) is 29.3 Å². The number of rotatable bonds is 6. The Balaban J connectivity index is 1.67. The Morgan fingerprint density at radius 1 is 1.22 bits per heavy atom. The molecule has 0 atom stereocenters. The van der Waals surface area contributed by atoms with Crippen LogP contribution in [0.3, 0.4) is 0 Å². The summed E-state index contributed by atoms with van der Waals surface area (Å²) in [7, 11) is 0. The second-order valence-corrected chi connectivity index (χ2v) is 4.88. The van der Waals surface area contributed by atoms with Gasteiger partial charge in [-0.3, -0.25) is 0 Å². The minimum Gasteiger partial charge on any atom is -0.349 e. The first-order valence-electron chi connectivity index (χ1n) is 5.88. The van der Waals surface area contributed by atoms with Gasteiger partial charge in [0.05, 0.1) is 10.0 Å². The first-order valence-corrected chi connectivity index (χ1v) is 6.64. The van der Waals surface area contributed by atoms with Gasteiger partial charge in [0.15, 0.2) is 0 Å². The molecule has 0 aliphatic carbocycles. The topological polar surface area (TPSA) is 40.7 Å². The van der Waals surface area contributed by atoms with E-state index in [1.54, 1.807) is 6.20 Å². The van der Waals surface area contributed by atoms with E-state index in [0.29, 0.717) is 10.0 Å². The van der Waals surface area contributed by atoms with Gasteiger partial charge in [0.2, 0.25) is 0 Å². The average molecular weight is 284 g/mol. The molecule has 0 aliphatic rings. The third kappa shape index (κ3) is 4.02. The maximum atomic E-state index is 5.95. The minimum absolute atomic E-state index is 0.596. The molecule has 0 unspecified atom stereocenters. The molecule has 5 heteroatoms. The molecule has 1 aromatic carbocycles. The maximum Gasteiger partial charge on any atom is 0.106 e. The predicted molar refractivity (Wildman–Crippen MR) is 75.1 cm³/mol. The number of H-pyrrole nitrogens is 1. The lowest BCUT2D eigenvalue weighted by Gasteiger charge is -2.05. The summed E-state index contributed by atoms with van der Waals surface area (Å²) in [6.45, 7) is 1.75. The molecule has 2 rings (SSSR count). The molecule has 0 fully saturated rings. The highest BCUT2D eigenvalue weighted by Gasteiger charge is 1.99. The van der Waals surface area contributed by atoms with Crippen molar-refractivity contribution in [2.24, 2.45) is 0 Å². The Morgan fingerprint density at radius 2 is 2.11 bits per heavy atom. The van der Waals surface area contributed by atoms with Crippen molar-refractivity contribution in [3.63, 3.8) is 0 Å². The number of halogens is 2. The first kappa shape index (κ1) is 13.4. The van der Waals surface area contributed by atoms with Gasteiger partial charge in [0.25, 0.3) is 0 Å². The SMILES string of the molecule is Clc1ccc(CNCCCc2ncc[nH]2)cc1Cl. The van der Waals surface area contributed by atoms with Crippen molar-refractivity contribution < 1.29 is 0 Å². The number of benzene rings is 1. The molecular formula is C13H15Cl2N3. The number of nitrogens with zero attached hydrogens (tertiary/aromatic N) is 1. The van der Waals surface area contributed by atoms with Crippen LogP contribution < -0.4 is 5.32 Å². The molecule has 0 saturated heterocycles. The molecule has 0 bridgehead atoms. The van der Waals surface area contributed by atoms with Gasteiger partial charge >= 0.3 is 0 Å². The lowest BCUT2D eigenvalue weighted by Crippen LogP contribution is -2.15. The zero-order chi connectivity index (χ0) is 12.8. The van der Waals surface area contributed by atoms with Crippen LogP contribution in [0, 0.1) is 0 Å². The molecule has 1 aromatic heterocycles. The van der Waals surface area contributed by atoms with Crippen LogP contribution in [0.5, 0.6) is 0 Å². The van der Waals surface area contributed by atoms with E-state index in [1.807, 2.05) is 24.4 Å². The summed E-state index contributed by atoms with van der Waals surface area (Å²) < 4.78 is 0. The van der Waals surface area contributed by atoms with Crippen molar-refractivity contribution in [2.45, 2.75) is 19.4 Å².